The van der Waals surface area contributed by atoms with Gasteiger partial charge in [0.05, 0.1) is 5.39 Å². The molecule has 2 heterocycles. The molecule has 19 heavy (non-hydrogen) atoms. The largest absolute Gasteiger partial charge is 0.383 e. The fourth-order valence-corrected chi connectivity index (χ4v) is 2.23. The first-order valence-electron chi connectivity index (χ1n) is 5.82. The number of nitrogens with two attached hydrogens (primary N) is 1. The van der Waals surface area contributed by atoms with Crippen molar-refractivity contribution >= 4 is 16.9 Å². The van der Waals surface area contributed by atoms with E-state index in [0.717, 1.165) is 22.2 Å². The number of anilines is 1. The Morgan fingerprint density at radius 1 is 1.26 bits per heavy atom. The Hall–Kier alpha value is -2.87. The molecule has 0 aliphatic carbocycles. The van der Waals surface area contributed by atoms with Crippen molar-refractivity contribution in [2.24, 2.45) is 0 Å². The first-order chi connectivity index (χ1) is 9.22. The molecule has 0 saturated carbocycles. The molecule has 5 nitrogen and oxygen atoms in total. The smallest absolute Gasteiger partial charge is 0.183 e. The lowest BCUT2D eigenvalue weighted by molar-refractivity contribution is 1.06. The quantitative estimate of drug-likeness (QED) is 0.692. The van der Waals surface area contributed by atoms with Gasteiger partial charge in [0, 0.05) is 11.3 Å². The predicted octanol–water partition coefficient (Wildman–Crippen LogP) is 2.39. The van der Waals surface area contributed by atoms with Crippen LogP contribution in [0.1, 0.15) is 11.3 Å². The highest BCUT2D eigenvalue weighted by Crippen LogP contribution is 2.34. The standard InChI is InChI=1S/C14H11N5/c1-8-11-12(9-5-3-2-4-6-9)10(7-15)13(16)17-14(11)19-18-8/h2-6H,1H3,(H3,16,17,18,19). The molecule has 0 amide bonds. The number of aromatic amines is 1. The Morgan fingerprint density at radius 2 is 2.00 bits per heavy atom. The predicted molar refractivity (Wildman–Crippen MR) is 73.2 cm³/mol. The van der Waals surface area contributed by atoms with E-state index < -0.39 is 0 Å². The van der Waals surface area contributed by atoms with Crippen LogP contribution in [0.5, 0.6) is 0 Å². The highest BCUT2D eigenvalue weighted by Gasteiger charge is 2.18. The third-order valence-corrected chi connectivity index (χ3v) is 3.08. The number of aromatic nitrogens is 3. The van der Waals surface area contributed by atoms with E-state index in [1.807, 2.05) is 37.3 Å². The molecular weight excluding hydrogens is 238 g/mol. The first-order valence-corrected chi connectivity index (χ1v) is 5.82. The zero-order valence-corrected chi connectivity index (χ0v) is 10.3. The molecule has 0 unspecified atom stereocenters. The maximum Gasteiger partial charge on any atom is 0.183 e. The second-order valence-electron chi connectivity index (χ2n) is 4.27. The van der Waals surface area contributed by atoms with E-state index in [0.29, 0.717) is 11.2 Å². The zero-order chi connectivity index (χ0) is 13.4. The third kappa shape index (κ3) is 1.62. The minimum absolute atomic E-state index is 0.209. The SMILES string of the molecule is Cc1[nH]nc2nc(N)c(C#N)c(-c3ccccc3)c12. The molecule has 0 aliphatic heterocycles. The van der Waals surface area contributed by atoms with Gasteiger partial charge in [0.1, 0.15) is 17.5 Å². The zero-order valence-electron chi connectivity index (χ0n) is 10.3. The van der Waals surface area contributed by atoms with Gasteiger partial charge in [-0.15, -0.1) is 0 Å². The van der Waals surface area contributed by atoms with E-state index in [9.17, 15) is 5.26 Å². The van der Waals surface area contributed by atoms with Gasteiger partial charge >= 0.3 is 0 Å². The van der Waals surface area contributed by atoms with Crippen molar-refractivity contribution in [1.29, 1.82) is 5.26 Å². The Labute approximate surface area is 109 Å². The Morgan fingerprint density at radius 3 is 2.68 bits per heavy atom. The van der Waals surface area contributed by atoms with Crippen LogP contribution in [-0.2, 0) is 0 Å². The second-order valence-corrected chi connectivity index (χ2v) is 4.27. The Kier molecular flexibility index (Phi) is 2.43. The van der Waals surface area contributed by atoms with Crippen LogP contribution >= 0.6 is 0 Å². The van der Waals surface area contributed by atoms with Crippen molar-refractivity contribution < 1.29 is 0 Å². The molecule has 0 aliphatic rings. The highest BCUT2D eigenvalue weighted by atomic mass is 15.2. The summed E-state index contributed by atoms with van der Waals surface area (Å²) < 4.78 is 0. The summed E-state index contributed by atoms with van der Waals surface area (Å²) in [6.45, 7) is 1.90. The molecule has 0 radical (unpaired) electrons. The number of benzene rings is 1. The van der Waals surface area contributed by atoms with Gasteiger partial charge in [0.15, 0.2) is 5.65 Å². The number of hydrogen-bond acceptors (Lipinski definition) is 4. The monoisotopic (exact) mass is 249 g/mol. The summed E-state index contributed by atoms with van der Waals surface area (Å²) >= 11 is 0. The molecule has 0 saturated heterocycles. The summed E-state index contributed by atoms with van der Waals surface area (Å²) in [6, 6.07) is 11.8. The number of nitrogens with one attached hydrogen (secondary N) is 1. The van der Waals surface area contributed by atoms with Gasteiger partial charge in [-0.3, -0.25) is 5.10 Å². The van der Waals surface area contributed by atoms with Gasteiger partial charge in [-0.2, -0.15) is 10.4 Å². The first kappa shape index (κ1) is 11.2. The van der Waals surface area contributed by atoms with Crippen LogP contribution in [0.4, 0.5) is 5.82 Å². The van der Waals surface area contributed by atoms with E-state index in [4.69, 9.17) is 5.73 Å². The number of H-pyrrole nitrogens is 1. The maximum atomic E-state index is 9.35. The summed E-state index contributed by atoms with van der Waals surface area (Å²) in [6.07, 6.45) is 0. The van der Waals surface area contributed by atoms with Crippen LogP contribution in [0.3, 0.4) is 0 Å². The molecule has 1 aromatic carbocycles. The van der Waals surface area contributed by atoms with E-state index in [1.165, 1.54) is 0 Å². The minimum Gasteiger partial charge on any atom is -0.383 e. The van der Waals surface area contributed by atoms with Crippen molar-refractivity contribution in [1.82, 2.24) is 15.2 Å². The third-order valence-electron chi connectivity index (χ3n) is 3.08. The molecule has 3 rings (SSSR count). The number of nitriles is 1. The average molecular weight is 249 g/mol. The Bertz CT molecular complexity index is 796. The van der Waals surface area contributed by atoms with Gasteiger partial charge in [0.2, 0.25) is 0 Å². The van der Waals surface area contributed by atoms with Crippen molar-refractivity contribution in [2.45, 2.75) is 6.92 Å². The highest BCUT2D eigenvalue weighted by molar-refractivity contribution is 5.99. The molecular formula is C14H11N5. The van der Waals surface area contributed by atoms with E-state index in [-0.39, 0.29) is 5.82 Å². The van der Waals surface area contributed by atoms with Gasteiger partial charge in [-0.05, 0) is 12.5 Å². The minimum atomic E-state index is 0.209. The topological polar surface area (TPSA) is 91.4 Å². The summed E-state index contributed by atoms with van der Waals surface area (Å²) in [4.78, 5) is 4.17. The molecule has 0 spiro atoms. The molecule has 5 heteroatoms. The van der Waals surface area contributed by atoms with Crippen molar-refractivity contribution in [2.75, 3.05) is 5.73 Å². The van der Waals surface area contributed by atoms with Crippen molar-refractivity contribution in [3.63, 3.8) is 0 Å². The van der Waals surface area contributed by atoms with Gasteiger partial charge in [-0.25, -0.2) is 4.98 Å². The summed E-state index contributed by atoms with van der Waals surface area (Å²) in [5.41, 5.74) is 9.38. The van der Waals surface area contributed by atoms with Gasteiger partial charge in [-0.1, -0.05) is 30.3 Å². The molecule has 0 atom stereocenters. The molecule has 0 bridgehead atoms. The number of aryl methyl sites for hydroxylation is 1. The number of nitrogens with zero attached hydrogens (tertiary/aromatic N) is 3. The molecule has 3 aromatic rings. The van der Waals surface area contributed by atoms with Gasteiger partial charge in [0.25, 0.3) is 0 Å². The van der Waals surface area contributed by atoms with Crippen LogP contribution in [0.15, 0.2) is 30.3 Å². The van der Waals surface area contributed by atoms with Crippen LogP contribution in [-0.4, -0.2) is 15.2 Å². The van der Waals surface area contributed by atoms with Crippen LogP contribution in [0, 0.1) is 18.3 Å². The van der Waals surface area contributed by atoms with Gasteiger partial charge < -0.3 is 5.73 Å². The summed E-state index contributed by atoms with van der Waals surface area (Å²) in [5.74, 6) is 0.209. The molecule has 92 valence electrons. The van der Waals surface area contributed by atoms with E-state index >= 15 is 0 Å². The molecule has 3 N–H and O–H groups in total. The fourth-order valence-electron chi connectivity index (χ4n) is 2.23. The Balaban J connectivity index is 2.51. The number of pyridine rings is 1. The van der Waals surface area contributed by atoms with E-state index in [1.54, 1.807) is 0 Å². The van der Waals surface area contributed by atoms with Crippen molar-refractivity contribution in [3.05, 3.63) is 41.6 Å². The maximum absolute atomic E-state index is 9.35. The lowest BCUT2D eigenvalue weighted by Crippen LogP contribution is -1.99. The number of fused-ring (bicyclic) bond motifs is 1. The van der Waals surface area contributed by atoms with Crippen LogP contribution in [0.2, 0.25) is 0 Å². The lowest BCUT2D eigenvalue weighted by atomic mass is 9.97. The van der Waals surface area contributed by atoms with Crippen molar-refractivity contribution in [3.8, 4) is 17.2 Å². The van der Waals surface area contributed by atoms with Crippen LogP contribution in [0.25, 0.3) is 22.2 Å². The fraction of sp³-hybridized carbons (Fsp3) is 0.0714. The van der Waals surface area contributed by atoms with E-state index in [2.05, 4.69) is 21.3 Å². The molecule has 0 fully saturated rings. The lowest BCUT2D eigenvalue weighted by Gasteiger charge is -2.08. The number of rotatable bonds is 1. The van der Waals surface area contributed by atoms with Crippen LogP contribution < -0.4 is 5.73 Å². The molecule has 2 aromatic heterocycles. The number of hydrogen-bond donors (Lipinski definition) is 2. The summed E-state index contributed by atoms with van der Waals surface area (Å²) in [7, 11) is 0. The number of nitrogen functional groups attached to an aromatic ring is 1. The second kappa shape index (κ2) is 4.10. The summed E-state index contributed by atoms with van der Waals surface area (Å²) in [5, 5.41) is 17.2. The normalized spacial score (nSPS) is 10.5. The average Bonchev–Trinajstić information content (AvgIpc) is 2.79.